The molecule has 158 valence electrons. The Morgan fingerprint density at radius 3 is 2.67 bits per heavy atom. The number of rotatable bonds is 6. The largest absolute Gasteiger partial charge is 0.486 e. The van der Waals surface area contributed by atoms with E-state index in [1.54, 1.807) is 29.0 Å². The fourth-order valence-electron chi connectivity index (χ4n) is 2.93. The molecule has 1 aliphatic heterocycles. The van der Waals surface area contributed by atoms with Crippen LogP contribution in [0.2, 0.25) is 0 Å². The van der Waals surface area contributed by atoms with Crippen molar-refractivity contribution in [1.82, 2.24) is 9.55 Å². The topological polar surface area (TPSA) is 82.4 Å². The van der Waals surface area contributed by atoms with Crippen LogP contribution in [0.15, 0.2) is 70.7 Å². The number of aromatic nitrogens is 2. The Bertz CT molecular complexity index is 1180. The van der Waals surface area contributed by atoms with Gasteiger partial charge in [-0.05, 0) is 36.4 Å². The monoisotopic (exact) mass is 555 g/mol. The molecule has 30 heavy (non-hydrogen) atoms. The SMILES string of the molecule is Br.C=CCn1cc(-c2ccc3c(c2)OCCO3)nc1NS(=O)(=O)c1cccc(Br)c1. The number of anilines is 1. The van der Waals surface area contributed by atoms with Crippen molar-refractivity contribution in [2.24, 2.45) is 0 Å². The second kappa shape index (κ2) is 9.23. The molecule has 1 aromatic heterocycles. The zero-order valence-electron chi connectivity index (χ0n) is 15.7. The summed E-state index contributed by atoms with van der Waals surface area (Å²) in [5, 5.41) is 0. The van der Waals surface area contributed by atoms with Gasteiger partial charge in [-0.25, -0.2) is 18.1 Å². The van der Waals surface area contributed by atoms with Gasteiger partial charge in [0.05, 0.1) is 10.6 Å². The number of sulfonamides is 1. The van der Waals surface area contributed by atoms with Crippen LogP contribution >= 0.6 is 32.9 Å². The van der Waals surface area contributed by atoms with Crippen LogP contribution in [0, 0.1) is 0 Å². The summed E-state index contributed by atoms with van der Waals surface area (Å²) in [6.45, 7) is 5.13. The van der Waals surface area contributed by atoms with Crippen LogP contribution in [0.5, 0.6) is 11.5 Å². The molecular formula is C20H19Br2N3O4S. The molecule has 0 saturated heterocycles. The number of nitrogens with zero attached hydrogens (tertiary/aromatic N) is 2. The number of allylic oxidation sites excluding steroid dienone is 1. The second-order valence-corrected chi connectivity index (χ2v) is 8.91. The average molecular weight is 557 g/mol. The summed E-state index contributed by atoms with van der Waals surface area (Å²) in [5.74, 6) is 1.53. The fourth-order valence-corrected chi connectivity index (χ4v) is 4.54. The first-order valence-electron chi connectivity index (χ1n) is 8.83. The van der Waals surface area contributed by atoms with Crippen molar-refractivity contribution in [2.75, 3.05) is 17.9 Å². The molecule has 0 saturated carbocycles. The van der Waals surface area contributed by atoms with Gasteiger partial charge in [-0.1, -0.05) is 28.1 Å². The molecule has 0 aliphatic carbocycles. The molecule has 4 rings (SSSR count). The predicted octanol–water partition coefficient (Wildman–Crippen LogP) is 4.65. The predicted molar refractivity (Wildman–Crippen MR) is 124 cm³/mol. The number of halogens is 2. The van der Waals surface area contributed by atoms with Crippen LogP contribution < -0.4 is 14.2 Å². The summed E-state index contributed by atoms with van der Waals surface area (Å²) in [5.41, 5.74) is 1.40. The highest BCUT2D eigenvalue weighted by molar-refractivity contribution is 9.10. The van der Waals surface area contributed by atoms with Crippen LogP contribution in [-0.2, 0) is 16.6 Å². The molecule has 7 nitrogen and oxygen atoms in total. The standard InChI is InChI=1S/C20H18BrN3O4S.BrH/c1-2-8-24-13-17(14-6-7-18-19(11-14)28-10-9-27-18)22-20(24)23-29(25,26)16-5-3-4-15(21)12-16;/h2-7,11-13H,1,8-10H2,(H,22,23);1H. The van der Waals surface area contributed by atoms with E-state index in [9.17, 15) is 8.42 Å². The molecule has 0 bridgehead atoms. The number of imidazole rings is 1. The molecule has 2 aromatic carbocycles. The maximum Gasteiger partial charge on any atom is 0.264 e. The van der Waals surface area contributed by atoms with Gasteiger partial charge in [-0.3, -0.25) is 0 Å². The van der Waals surface area contributed by atoms with E-state index in [1.807, 2.05) is 18.2 Å². The van der Waals surface area contributed by atoms with Gasteiger partial charge in [0.1, 0.15) is 13.2 Å². The van der Waals surface area contributed by atoms with Gasteiger partial charge in [0.25, 0.3) is 10.0 Å². The van der Waals surface area contributed by atoms with Crippen LogP contribution in [0.1, 0.15) is 0 Å². The molecule has 0 spiro atoms. The number of hydrogen-bond acceptors (Lipinski definition) is 5. The zero-order chi connectivity index (χ0) is 20.4. The molecule has 1 N–H and O–H groups in total. The van der Waals surface area contributed by atoms with Gasteiger partial charge in [-0.15, -0.1) is 23.6 Å². The van der Waals surface area contributed by atoms with Gasteiger partial charge in [0.2, 0.25) is 5.95 Å². The van der Waals surface area contributed by atoms with Crippen LogP contribution in [0.3, 0.4) is 0 Å². The van der Waals surface area contributed by atoms with E-state index in [0.29, 0.717) is 41.4 Å². The van der Waals surface area contributed by atoms with E-state index < -0.39 is 10.0 Å². The van der Waals surface area contributed by atoms with Gasteiger partial charge < -0.3 is 14.0 Å². The first kappa shape index (κ1) is 22.4. The molecular weight excluding hydrogens is 538 g/mol. The molecule has 0 amide bonds. The van der Waals surface area contributed by atoms with E-state index in [0.717, 1.165) is 5.56 Å². The smallest absolute Gasteiger partial charge is 0.264 e. The molecule has 0 unspecified atom stereocenters. The summed E-state index contributed by atoms with van der Waals surface area (Å²) in [7, 11) is -3.80. The second-order valence-electron chi connectivity index (χ2n) is 6.31. The van der Waals surface area contributed by atoms with Crippen molar-refractivity contribution in [3.05, 3.63) is 65.8 Å². The zero-order valence-corrected chi connectivity index (χ0v) is 19.9. The quantitative estimate of drug-likeness (QED) is 0.447. The lowest BCUT2D eigenvalue weighted by atomic mass is 10.1. The molecule has 0 fully saturated rings. The highest BCUT2D eigenvalue weighted by atomic mass is 79.9. The molecule has 2 heterocycles. The normalized spacial score (nSPS) is 12.7. The maximum atomic E-state index is 12.8. The number of fused-ring (bicyclic) bond motifs is 1. The van der Waals surface area contributed by atoms with Crippen LogP contribution in [0.25, 0.3) is 11.3 Å². The van der Waals surface area contributed by atoms with Crippen molar-refractivity contribution in [1.29, 1.82) is 0 Å². The Hall–Kier alpha value is -2.30. The summed E-state index contributed by atoms with van der Waals surface area (Å²) in [4.78, 5) is 4.64. The minimum Gasteiger partial charge on any atom is -0.486 e. The highest BCUT2D eigenvalue weighted by Gasteiger charge is 2.20. The van der Waals surface area contributed by atoms with E-state index in [-0.39, 0.29) is 27.8 Å². The van der Waals surface area contributed by atoms with Crippen molar-refractivity contribution < 1.29 is 17.9 Å². The molecule has 3 aromatic rings. The van der Waals surface area contributed by atoms with Gasteiger partial charge in [-0.2, -0.15) is 0 Å². The first-order chi connectivity index (χ1) is 14.0. The van der Waals surface area contributed by atoms with Gasteiger partial charge in [0.15, 0.2) is 11.5 Å². The van der Waals surface area contributed by atoms with E-state index in [2.05, 4.69) is 32.2 Å². The van der Waals surface area contributed by atoms with E-state index in [4.69, 9.17) is 9.47 Å². The number of benzene rings is 2. The minimum absolute atomic E-state index is 0. The maximum absolute atomic E-state index is 12.8. The number of ether oxygens (including phenoxy) is 2. The Morgan fingerprint density at radius 1 is 1.17 bits per heavy atom. The Kier molecular flexibility index (Phi) is 6.89. The molecule has 0 atom stereocenters. The third-order valence-electron chi connectivity index (χ3n) is 4.27. The summed E-state index contributed by atoms with van der Waals surface area (Å²) in [6.07, 6.45) is 3.44. The lowest BCUT2D eigenvalue weighted by molar-refractivity contribution is 0.171. The Labute approximate surface area is 193 Å². The molecule has 0 radical (unpaired) electrons. The van der Waals surface area contributed by atoms with E-state index >= 15 is 0 Å². The summed E-state index contributed by atoms with van der Waals surface area (Å²) >= 11 is 3.30. The third kappa shape index (κ3) is 4.71. The van der Waals surface area contributed by atoms with Crippen LogP contribution in [0.4, 0.5) is 5.95 Å². The average Bonchev–Trinajstić information content (AvgIpc) is 3.10. The van der Waals surface area contributed by atoms with Crippen molar-refractivity contribution in [3.63, 3.8) is 0 Å². The minimum atomic E-state index is -3.80. The number of hydrogen-bond donors (Lipinski definition) is 1. The lowest BCUT2D eigenvalue weighted by Gasteiger charge is -2.18. The summed E-state index contributed by atoms with van der Waals surface area (Å²) in [6, 6.07) is 12.0. The Balaban J connectivity index is 0.00000256. The van der Waals surface area contributed by atoms with Gasteiger partial charge >= 0.3 is 0 Å². The van der Waals surface area contributed by atoms with E-state index in [1.165, 1.54) is 12.1 Å². The van der Waals surface area contributed by atoms with Crippen molar-refractivity contribution in [2.45, 2.75) is 11.4 Å². The lowest BCUT2D eigenvalue weighted by Crippen LogP contribution is -2.16. The highest BCUT2D eigenvalue weighted by Crippen LogP contribution is 2.34. The Morgan fingerprint density at radius 2 is 1.93 bits per heavy atom. The van der Waals surface area contributed by atoms with Crippen molar-refractivity contribution >= 4 is 48.9 Å². The molecule has 1 aliphatic rings. The first-order valence-corrected chi connectivity index (χ1v) is 11.1. The summed E-state index contributed by atoms with van der Waals surface area (Å²) < 4.78 is 41.7. The van der Waals surface area contributed by atoms with Crippen molar-refractivity contribution in [3.8, 4) is 22.8 Å². The van der Waals surface area contributed by atoms with Gasteiger partial charge in [0, 0.05) is 22.8 Å². The fraction of sp³-hybridized carbons (Fsp3) is 0.150. The molecule has 10 heteroatoms. The number of nitrogens with one attached hydrogen (secondary N) is 1. The third-order valence-corrected chi connectivity index (χ3v) is 6.09. The van der Waals surface area contributed by atoms with Crippen LogP contribution in [-0.4, -0.2) is 31.2 Å².